The van der Waals surface area contributed by atoms with Crippen molar-refractivity contribution in [2.75, 3.05) is 0 Å². The molecule has 0 heterocycles. The van der Waals surface area contributed by atoms with Gasteiger partial charge in [0.2, 0.25) is 0 Å². The van der Waals surface area contributed by atoms with Gasteiger partial charge in [-0.3, -0.25) is 15.1 Å². The molecule has 0 fully saturated rings. The van der Waals surface area contributed by atoms with E-state index in [1.165, 1.54) is 12.3 Å². The molecule has 0 aliphatic rings. The minimum atomic E-state index is -0.773. The highest BCUT2D eigenvalue weighted by molar-refractivity contribution is 6.33. The Morgan fingerprint density at radius 2 is 1.95 bits per heavy atom. The fourth-order valence-corrected chi connectivity index (χ4v) is 2.19. The van der Waals surface area contributed by atoms with E-state index in [0.29, 0.717) is 10.7 Å². The summed E-state index contributed by atoms with van der Waals surface area (Å²) in [4.78, 5) is 14.1. The van der Waals surface area contributed by atoms with Crippen LogP contribution in [0.1, 0.15) is 11.1 Å². The van der Waals surface area contributed by atoms with Crippen molar-refractivity contribution in [3.05, 3.63) is 61.6 Å². The summed E-state index contributed by atoms with van der Waals surface area (Å²) in [5.41, 5.74) is 0.885. The summed E-state index contributed by atoms with van der Waals surface area (Å²) in [5.74, 6) is -0.739. The lowest BCUT2D eigenvalue weighted by Crippen LogP contribution is -2.02. The third-order valence-electron chi connectivity index (χ3n) is 2.71. The molecule has 7 heteroatoms. The van der Waals surface area contributed by atoms with Crippen LogP contribution in [0.5, 0.6) is 5.75 Å². The van der Waals surface area contributed by atoms with Crippen LogP contribution in [-0.4, -0.2) is 11.1 Å². The van der Waals surface area contributed by atoms with Gasteiger partial charge in [0.15, 0.2) is 0 Å². The molecule has 21 heavy (non-hydrogen) atoms. The molecule has 0 spiro atoms. The number of nitro groups is 1. The van der Waals surface area contributed by atoms with Gasteiger partial charge in [-0.1, -0.05) is 29.3 Å². The van der Waals surface area contributed by atoms with Crippen molar-refractivity contribution >= 4 is 40.8 Å². The van der Waals surface area contributed by atoms with E-state index in [1.807, 2.05) is 13.0 Å². The van der Waals surface area contributed by atoms with E-state index in [4.69, 9.17) is 23.2 Å². The van der Waals surface area contributed by atoms with E-state index >= 15 is 0 Å². The summed E-state index contributed by atoms with van der Waals surface area (Å²) in [7, 11) is 0. The molecule has 0 bridgehead atoms. The normalized spacial score (nSPS) is 11.0. The predicted molar refractivity (Wildman–Crippen MR) is 81.0 cm³/mol. The first-order chi connectivity index (χ1) is 9.88. The van der Waals surface area contributed by atoms with Crippen LogP contribution in [0.4, 0.5) is 11.4 Å². The van der Waals surface area contributed by atoms with E-state index in [-0.39, 0.29) is 10.6 Å². The molecule has 0 unspecified atom stereocenters. The lowest BCUT2D eigenvalue weighted by atomic mass is 10.2. The molecule has 2 aromatic rings. The second-order valence-electron chi connectivity index (χ2n) is 4.31. The van der Waals surface area contributed by atoms with Crippen LogP contribution in [0.25, 0.3) is 0 Å². The van der Waals surface area contributed by atoms with Crippen molar-refractivity contribution in [1.29, 1.82) is 0 Å². The van der Waals surface area contributed by atoms with Gasteiger partial charge in [-0.15, -0.1) is 0 Å². The zero-order valence-corrected chi connectivity index (χ0v) is 12.4. The van der Waals surface area contributed by atoms with Gasteiger partial charge >= 0.3 is 0 Å². The Morgan fingerprint density at radius 3 is 2.57 bits per heavy atom. The molecule has 2 aromatic carbocycles. The Bertz CT molecular complexity index is 745. The molecule has 108 valence electrons. The lowest BCUT2D eigenvalue weighted by molar-refractivity contribution is -0.398. The van der Waals surface area contributed by atoms with E-state index in [9.17, 15) is 15.2 Å². The molecule has 0 radical (unpaired) electrons. The van der Waals surface area contributed by atoms with E-state index in [1.54, 1.807) is 12.1 Å². The van der Waals surface area contributed by atoms with Crippen molar-refractivity contribution in [1.82, 2.24) is 0 Å². The number of hydrogen-bond donors (Lipinski definition) is 0. The molecular formula is C14H9Cl2N2O3-. The van der Waals surface area contributed by atoms with Gasteiger partial charge in [0.05, 0.1) is 15.6 Å². The first-order valence-corrected chi connectivity index (χ1v) is 6.59. The molecule has 0 N–H and O–H groups in total. The maximum atomic E-state index is 11.9. The zero-order valence-electron chi connectivity index (χ0n) is 10.8. The molecule has 0 aliphatic carbocycles. The second kappa shape index (κ2) is 6.11. The maximum Gasteiger partial charge on any atom is 0.263 e. The third kappa shape index (κ3) is 3.51. The summed E-state index contributed by atoms with van der Waals surface area (Å²) in [5, 5.41) is 23.2. The number of nitrogens with zero attached hydrogens (tertiary/aromatic N) is 2. The van der Waals surface area contributed by atoms with Gasteiger partial charge in [0.1, 0.15) is 0 Å². The van der Waals surface area contributed by atoms with Gasteiger partial charge in [-0.25, -0.2) is 0 Å². The average Bonchev–Trinajstić information content (AvgIpc) is 2.40. The van der Waals surface area contributed by atoms with E-state index in [0.717, 1.165) is 11.6 Å². The van der Waals surface area contributed by atoms with Gasteiger partial charge < -0.3 is 5.11 Å². The predicted octanol–water partition coefficient (Wildman–Crippen LogP) is 4.03. The Balaban J connectivity index is 2.43. The quantitative estimate of drug-likeness (QED) is 0.486. The Labute approximate surface area is 130 Å². The highest BCUT2D eigenvalue weighted by atomic mass is 35.5. The van der Waals surface area contributed by atoms with Crippen molar-refractivity contribution in [3.63, 3.8) is 0 Å². The number of aliphatic imine (C=N–C) groups is 1. The van der Waals surface area contributed by atoms with Crippen molar-refractivity contribution in [3.8, 4) is 5.75 Å². The van der Waals surface area contributed by atoms with Crippen LogP contribution >= 0.6 is 23.2 Å². The highest BCUT2D eigenvalue weighted by Crippen LogP contribution is 2.31. The molecule has 0 amide bonds. The third-order valence-corrected chi connectivity index (χ3v) is 3.23. The molecule has 0 saturated heterocycles. The molecule has 0 saturated carbocycles. The summed E-state index contributed by atoms with van der Waals surface area (Å²) in [6.45, 7) is 1.88. The fraction of sp³-hybridized carbons (Fsp3) is 0.0714. The smallest absolute Gasteiger partial charge is 0.263 e. The van der Waals surface area contributed by atoms with E-state index in [2.05, 4.69) is 4.99 Å². The summed E-state index contributed by atoms with van der Waals surface area (Å²) in [6, 6.07) is 7.57. The average molecular weight is 324 g/mol. The van der Waals surface area contributed by atoms with Gasteiger partial charge in [0, 0.05) is 17.3 Å². The number of hydrogen-bond acceptors (Lipinski definition) is 4. The molecule has 5 nitrogen and oxygen atoms in total. The molecule has 0 aromatic heterocycles. The second-order valence-corrected chi connectivity index (χ2v) is 5.16. The minimum absolute atomic E-state index is 0.0332. The monoisotopic (exact) mass is 323 g/mol. The van der Waals surface area contributed by atoms with E-state index < -0.39 is 16.4 Å². The minimum Gasteiger partial charge on any atom is -0.867 e. The standard InChI is InChI=1S/C14H10Cl2N2O3/c1-8-2-3-12(11(16)4-8)17-7-9-5-10(15)6-13(14(9)19)18(20)21/h2-7,19H,1H3/p-1. The van der Waals surface area contributed by atoms with Crippen molar-refractivity contribution in [2.24, 2.45) is 4.99 Å². The summed E-state index contributed by atoms with van der Waals surface area (Å²) in [6.07, 6.45) is 1.22. The first kappa shape index (κ1) is 15.3. The molecule has 0 atom stereocenters. The zero-order chi connectivity index (χ0) is 15.6. The molecule has 2 rings (SSSR count). The highest BCUT2D eigenvalue weighted by Gasteiger charge is 2.11. The Hall–Kier alpha value is -2.11. The number of nitro benzene ring substituents is 1. The topological polar surface area (TPSA) is 78.6 Å². The first-order valence-electron chi connectivity index (χ1n) is 5.83. The SMILES string of the molecule is Cc1ccc(N=Cc2cc(Cl)cc([N+](=O)[O-])c2[O-])c(Cl)c1. The Morgan fingerprint density at radius 1 is 1.24 bits per heavy atom. The van der Waals surface area contributed by atoms with Gasteiger partial charge in [-0.2, -0.15) is 0 Å². The van der Waals surface area contributed by atoms with Crippen molar-refractivity contribution in [2.45, 2.75) is 6.92 Å². The number of aryl methyl sites for hydroxylation is 1. The van der Waals surface area contributed by atoms with Crippen LogP contribution in [0.2, 0.25) is 10.0 Å². The summed E-state index contributed by atoms with van der Waals surface area (Å²) >= 11 is 11.8. The van der Waals surface area contributed by atoms with Gasteiger partial charge in [-0.05, 0) is 42.0 Å². The van der Waals surface area contributed by atoms with Crippen LogP contribution in [0, 0.1) is 17.0 Å². The van der Waals surface area contributed by atoms with Crippen LogP contribution in [0.3, 0.4) is 0 Å². The Kier molecular flexibility index (Phi) is 4.45. The largest absolute Gasteiger partial charge is 0.867 e. The van der Waals surface area contributed by atoms with Crippen LogP contribution < -0.4 is 5.11 Å². The fourth-order valence-electron chi connectivity index (χ4n) is 1.69. The van der Waals surface area contributed by atoms with Crippen LogP contribution in [-0.2, 0) is 0 Å². The number of halogens is 2. The van der Waals surface area contributed by atoms with Crippen molar-refractivity contribution < 1.29 is 10.0 Å². The molecule has 0 aliphatic heterocycles. The lowest BCUT2D eigenvalue weighted by Gasteiger charge is -2.10. The number of benzene rings is 2. The van der Waals surface area contributed by atoms with Gasteiger partial charge in [0.25, 0.3) is 5.69 Å². The number of rotatable bonds is 3. The van der Waals surface area contributed by atoms with Crippen LogP contribution in [0.15, 0.2) is 35.3 Å². The summed E-state index contributed by atoms with van der Waals surface area (Å²) < 4.78 is 0. The molecular weight excluding hydrogens is 315 g/mol. The maximum absolute atomic E-state index is 11.9.